The first-order valence-corrected chi connectivity index (χ1v) is 12.6. The van der Waals surface area contributed by atoms with Crippen LogP contribution in [0.25, 0.3) is 0 Å². The van der Waals surface area contributed by atoms with Gasteiger partial charge in [-0.3, -0.25) is 14.8 Å². The molecule has 32 heavy (non-hydrogen) atoms. The average Bonchev–Trinajstić information content (AvgIpc) is 3.18. The van der Waals surface area contributed by atoms with E-state index in [1.54, 1.807) is 13.1 Å². The van der Waals surface area contributed by atoms with E-state index in [9.17, 15) is 9.59 Å². The number of ether oxygens (including phenoxy) is 1. The minimum Gasteiger partial charge on any atom is -0.493 e. The van der Waals surface area contributed by atoms with E-state index in [0.717, 1.165) is 30.0 Å². The third-order valence-electron chi connectivity index (χ3n) is 5.48. The van der Waals surface area contributed by atoms with Gasteiger partial charge in [0.15, 0.2) is 0 Å². The Morgan fingerprint density at radius 2 is 2.03 bits per heavy atom. The normalized spacial score (nSPS) is 19.5. The van der Waals surface area contributed by atoms with Crippen molar-refractivity contribution in [1.29, 1.82) is 0 Å². The fourth-order valence-electron chi connectivity index (χ4n) is 3.41. The van der Waals surface area contributed by atoms with Crippen molar-refractivity contribution in [3.8, 4) is 5.75 Å². The highest BCUT2D eigenvalue weighted by molar-refractivity contribution is 8.16. The molecule has 0 radical (unpaired) electrons. The molecule has 2 atom stereocenters. The Morgan fingerprint density at radius 3 is 2.72 bits per heavy atom. The highest BCUT2D eigenvalue weighted by atomic mass is 32.2. The number of unbranched alkanes of at least 4 members (excludes halogenated alkanes) is 4. The van der Waals surface area contributed by atoms with E-state index in [0.29, 0.717) is 30.3 Å². The first kappa shape index (κ1) is 26.2. The molecule has 1 N–H and O–H groups in total. The zero-order chi connectivity index (χ0) is 23.6. The van der Waals surface area contributed by atoms with Crippen LogP contribution in [0.1, 0.15) is 84.4 Å². The lowest BCUT2D eigenvalue weighted by molar-refractivity contribution is -0.125. The molecule has 1 aliphatic rings. The number of nitrogens with one attached hydrogen (secondary N) is 1. The van der Waals surface area contributed by atoms with Crippen LogP contribution in [0.3, 0.4) is 0 Å². The van der Waals surface area contributed by atoms with Gasteiger partial charge >= 0.3 is 5.63 Å². The highest BCUT2D eigenvalue weighted by Crippen LogP contribution is 2.30. The Kier molecular flexibility index (Phi) is 10.5. The molecule has 7 nitrogen and oxygen atoms in total. The average molecular weight is 464 g/mol. The van der Waals surface area contributed by atoms with E-state index in [-0.39, 0.29) is 5.91 Å². The Morgan fingerprint density at radius 1 is 1.28 bits per heavy atom. The number of thioether (sulfide) groups is 1. The van der Waals surface area contributed by atoms with E-state index >= 15 is 0 Å². The Hall–Kier alpha value is -2.09. The van der Waals surface area contributed by atoms with E-state index < -0.39 is 17.2 Å². The molecular weight excluding hydrogens is 426 g/mol. The van der Waals surface area contributed by atoms with Crippen LogP contribution in [0.5, 0.6) is 5.75 Å². The van der Waals surface area contributed by atoms with Crippen LogP contribution >= 0.6 is 11.8 Å². The van der Waals surface area contributed by atoms with Crippen LogP contribution in [0.2, 0.25) is 0 Å². The lowest BCUT2D eigenvalue weighted by atomic mass is 10.0. The van der Waals surface area contributed by atoms with Crippen molar-refractivity contribution in [2.24, 2.45) is 9.98 Å². The number of aliphatic imine (C=N–C) groups is 2. The molecular formula is C24H37N3O4S. The van der Waals surface area contributed by atoms with Gasteiger partial charge in [-0.2, -0.15) is 0 Å². The molecule has 8 heteroatoms. The van der Waals surface area contributed by atoms with Gasteiger partial charge in [-0.15, -0.1) is 11.8 Å². The van der Waals surface area contributed by atoms with Crippen LogP contribution in [0, 0.1) is 0 Å². The Labute approximate surface area is 195 Å². The number of rotatable bonds is 13. The predicted molar refractivity (Wildman–Crippen MR) is 132 cm³/mol. The van der Waals surface area contributed by atoms with Gasteiger partial charge in [0.05, 0.1) is 24.4 Å². The second-order valence-electron chi connectivity index (χ2n) is 8.38. The number of hydrogen-bond donors (Lipinski definition) is 1. The molecule has 0 aliphatic carbocycles. The second kappa shape index (κ2) is 12.8. The molecule has 0 aromatic carbocycles. The third-order valence-corrected chi connectivity index (χ3v) is 6.84. The van der Waals surface area contributed by atoms with Crippen molar-refractivity contribution in [3.05, 3.63) is 28.3 Å². The zero-order valence-electron chi connectivity index (χ0n) is 20.0. The monoisotopic (exact) mass is 463 g/mol. The smallest absolute Gasteiger partial charge is 0.339 e. The number of carbonyl (C=O) groups is 1. The largest absolute Gasteiger partial charge is 0.493 e. The summed E-state index contributed by atoms with van der Waals surface area (Å²) in [6.45, 7) is 8.48. The summed E-state index contributed by atoms with van der Waals surface area (Å²) in [5.74, 6) is 1.26. The first-order valence-electron chi connectivity index (χ1n) is 11.6. The van der Waals surface area contributed by atoms with Crippen LogP contribution in [0.15, 0.2) is 31.3 Å². The Bertz CT molecular complexity index is 880. The summed E-state index contributed by atoms with van der Waals surface area (Å²) in [4.78, 5) is 34.1. The van der Waals surface area contributed by atoms with Crippen molar-refractivity contribution in [1.82, 2.24) is 5.32 Å². The molecule has 0 spiro atoms. The lowest BCUT2D eigenvalue weighted by Crippen LogP contribution is -2.45. The highest BCUT2D eigenvalue weighted by Gasteiger charge is 2.39. The molecule has 0 fully saturated rings. The van der Waals surface area contributed by atoms with Crippen molar-refractivity contribution in [2.75, 3.05) is 19.4 Å². The topological polar surface area (TPSA) is 93.3 Å². The molecule has 0 bridgehead atoms. The van der Waals surface area contributed by atoms with Gasteiger partial charge in [-0.25, -0.2) is 4.79 Å². The standard InChI is InChI=1S/C24H37N3O4S/c1-6-8-9-10-11-13-30-18-14-20(31-21(28)15-18)19(12-7-2)26-23(29)24(4)16-32-22(27-24)17(3)25-5/h14-15,19H,6-13,16H2,1-5H3,(H,26,29)/t19-,24+/m1/s1. The maximum Gasteiger partial charge on any atom is 0.339 e. The summed E-state index contributed by atoms with van der Waals surface area (Å²) in [5.41, 5.74) is -0.538. The summed E-state index contributed by atoms with van der Waals surface area (Å²) in [6.07, 6.45) is 7.13. The fraction of sp³-hybridized carbons (Fsp3) is 0.667. The van der Waals surface area contributed by atoms with E-state index in [1.165, 1.54) is 37.1 Å². The zero-order valence-corrected chi connectivity index (χ0v) is 20.8. The van der Waals surface area contributed by atoms with Crippen molar-refractivity contribution < 1.29 is 13.9 Å². The van der Waals surface area contributed by atoms with Crippen LogP contribution < -0.4 is 15.7 Å². The van der Waals surface area contributed by atoms with E-state index in [2.05, 4.69) is 22.2 Å². The van der Waals surface area contributed by atoms with Gasteiger partial charge in [0.25, 0.3) is 0 Å². The number of nitrogens with zero attached hydrogens (tertiary/aromatic N) is 2. The van der Waals surface area contributed by atoms with Gasteiger partial charge < -0.3 is 14.5 Å². The molecule has 1 aromatic rings. The Balaban J connectivity index is 2.09. The number of hydrogen-bond acceptors (Lipinski definition) is 7. The molecule has 0 unspecified atom stereocenters. The summed E-state index contributed by atoms with van der Waals surface area (Å²) in [5, 5.41) is 3.84. The van der Waals surface area contributed by atoms with Gasteiger partial charge in [0, 0.05) is 18.9 Å². The second-order valence-corrected chi connectivity index (χ2v) is 9.34. The van der Waals surface area contributed by atoms with Crippen molar-refractivity contribution in [2.45, 2.75) is 84.2 Å². The maximum atomic E-state index is 13.1. The molecule has 178 valence electrons. The maximum absolute atomic E-state index is 13.1. The van der Waals surface area contributed by atoms with E-state index in [1.807, 2.05) is 20.8 Å². The minimum atomic E-state index is -0.884. The summed E-state index contributed by atoms with van der Waals surface area (Å²) in [6, 6.07) is 2.66. The fourth-order valence-corrected chi connectivity index (χ4v) is 4.59. The lowest BCUT2D eigenvalue weighted by Gasteiger charge is -2.24. The summed E-state index contributed by atoms with van der Waals surface area (Å²) >= 11 is 1.53. The molecule has 1 aromatic heterocycles. The van der Waals surface area contributed by atoms with Crippen LogP contribution in [-0.4, -0.2) is 41.6 Å². The molecule has 2 rings (SSSR count). The number of amides is 1. The van der Waals surface area contributed by atoms with Gasteiger partial charge in [-0.05, 0) is 26.7 Å². The third kappa shape index (κ3) is 7.50. The molecule has 2 heterocycles. The van der Waals surface area contributed by atoms with E-state index in [4.69, 9.17) is 9.15 Å². The first-order chi connectivity index (χ1) is 15.3. The van der Waals surface area contributed by atoms with Crippen molar-refractivity contribution in [3.63, 3.8) is 0 Å². The minimum absolute atomic E-state index is 0.188. The van der Waals surface area contributed by atoms with Gasteiger partial charge in [-0.1, -0.05) is 46.0 Å². The summed E-state index contributed by atoms with van der Waals surface area (Å²) < 4.78 is 11.3. The summed E-state index contributed by atoms with van der Waals surface area (Å²) in [7, 11) is 1.72. The predicted octanol–water partition coefficient (Wildman–Crippen LogP) is 4.94. The molecule has 0 saturated carbocycles. The van der Waals surface area contributed by atoms with Gasteiger partial charge in [0.1, 0.15) is 22.1 Å². The number of carbonyl (C=O) groups excluding carboxylic acids is 1. The SMILES string of the molecule is CCCCCCCOc1cc([C@@H](CCC)NC(=O)[C@]2(C)CSC(C(C)=NC)=N2)oc(=O)c1. The quantitative estimate of drug-likeness (QED) is 0.330. The van der Waals surface area contributed by atoms with Crippen LogP contribution in [0.4, 0.5) is 0 Å². The van der Waals surface area contributed by atoms with Crippen molar-refractivity contribution >= 4 is 28.4 Å². The molecule has 1 amide bonds. The van der Waals surface area contributed by atoms with Gasteiger partial charge in [0.2, 0.25) is 5.91 Å². The molecule has 0 saturated heterocycles. The molecule has 1 aliphatic heterocycles. The van der Waals surface area contributed by atoms with Crippen LogP contribution in [-0.2, 0) is 4.79 Å².